The van der Waals surface area contributed by atoms with Crippen molar-refractivity contribution in [3.63, 3.8) is 0 Å². The largest absolute Gasteiger partial charge is 0.481 e. The molecule has 1 aromatic rings. The first-order valence-electron chi connectivity index (χ1n) is 11.1. The molecule has 0 aliphatic carbocycles. The lowest BCUT2D eigenvalue weighted by atomic mass is 10.0. The number of nitrogens with zero attached hydrogens (tertiary/aromatic N) is 4. The van der Waals surface area contributed by atoms with E-state index in [1.165, 1.54) is 32.0 Å². The highest BCUT2D eigenvalue weighted by Crippen LogP contribution is 2.27. The molecule has 2 atom stereocenters. The Morgan fingerprint density at radius 1 is 1.29 bits per heavy atom. The molecule has 1 aromatic carbocycles. The fourth-order valence-electron chi connectivity index (χ4n) is 4.21. The molecule has 0 aromatic heterocycles. The number of rotatable bonds is 9. The van der Waals surface area contributed by atoms with E-state index in [-0.39, 0.29) is 58.1 Å². The van der Waals surface area contributed by atoms with Crippen LogP contribution in [0.4, 0.5) is 9.18 Å². The molecule has 2 aliphatic heterocycles. The number of hydrazine groups is 1. The molecule has 2 aliphatic rings. The molecule has 2 saturated heterocycles. The number of carboxylic acid groups (broad SMARTS) is 1. The van der Waals surface area contributed by atoms with Gasteiger partial charge >= 0.3 is 12.0 Å². The molecule has 0 bridgehead atoms. The minimum absolute atomic E-state index is 0.0157. The Morgan fingerprint density at radius 3 is 2.66 bits per heavy atom. The predicted octanol–water partition coefficient (Wildman–Crippen LogP) is 0.0778. The number of piperazine rings is 1. The van der Waals surface area contributed by atoms with Gasteiger partial charge in [0.1, 0.15) is 24.6 Å². The molecule has 4 amide bonds. The summed E-state index contributed by atoms with van der Waals surface area (Å²) < 4.78 is 18.5. The van der Waals surface area contributed by atoms with E-state index in [0.717, 1.165) is 0 Å². The van der Waals surface area contributed by atoms with Crippen molar-refractivity contribution in [1.29, 1.82) is 0 Å². The average molecular weight is 490 g/mol. The van der Waals surface area contributed by atoms with Crippen molar-refractivity contribution in [1.82, 2.24) is 25.1 Å². The van der Waals surface area contributed by atoms with Gasteiger partial charge in [-0.25, -0.2) is 19.2 Å². The maximum atomic E-state index is 13.2. The number of terminal acetylenes is 1. The molecule has 188 valence electrons. The molecule has 12 heteroatoms. The minimum atomic E-state index is -1.10. The van der Waals surface area contributed by atoms with Gasteiger partial charge in [-0.15, -0.1) is 6.42 Å². The van der Waals surface area contributed by atoms with E-state index in [2.05, 4.69) is 11.2 Å². The highest BCUT2D eigenvalue weighted by Gasteiger charge is 2.50. The number of hydrogen-bond donors (Lipinski definition) is 2. The van der Waals surface area contributed by atoms with Gasteiger partial charge in [-0.3, -0.25) is 14.4 Å². The van der Waals surface area contributed by atoms with Crippen LogP contribution in [0.1, 0.15) is 18.4 Å². The third-order valence-corrected chi connectivity index (χ3v) is 5.83. The number of fused-ring (bicyclic) bond motifs is 1. The van der Waals surface area contributed by atoms with Gasteiger partial charge < -0.3 is 25.0 Å². The Hall–Kier alpha value is -3.69. The molecule has 0 saturated carbocycles. The van der Waals surface area contributed by atoms with Gasteiger partial charge in [0.05, 0.1) is 19.7 Å². The number of urea groups is 1. The van der Waals surface area contributed by atoms with Crippen molar-refractivity contribution in [2.24, 2.45) is 0 Å². The molecule has 2 N–H and O–H groups in total. The summed E-state index contributed by atoms with van der Waals surface area (Å²) in [5.74, 6) is 0.0559. The number of benzene rings is 1. The number of aliphatic carboxylic acids is 1. The Kier molecular flexibility index (Phi) is 8.62. The van der Waals surface area contributed by atoms with E-state index in [1.54, 1.807) is 19.2 Å². The smallest absolute Gasteiger partial charge is 0.334 e. The van der Waals surface area contributed by atoms with Crippen molar-refractivity contribution in [2.45, 2.75) is 31.6 Å². The van der Waals surface area contributed by atoms with Gasteiger partial charge in [0.15, 0.2) is 0 Å². The molecule has 0 radical (unpaired) electrons. The summed E-state index contributed by atoms with van der Waals surface area (Å²) in [6.45, 7) is 0.352. The standard InChI is InChI=1S/C23H28FN5O6/c1-3-11-35-12-10-27-14-19-28(18(22(27)33)8-9-21(31)32)20(30)15-26(2)29(19)23(34)25-13-16-4-6-17(24)7-5-16/h1,4-7,18-19H,8-15H2,2H3,(H,25,34)(H,31,32)/t18-,19-/m0/s1. The second-order valence-electron chi connectivity index (χ2n) is 8.22. The lowest BCUT2D eigenvalue weighted by Crippen LogP contribution is -2.76. The Balaban J connectivity index is 1.82. The number of carbonyl (C=O) groups excluding carboxylic acids is 3. The van der Waals surface area contributed by atoms with Crippen LogP contribution in [0.25, 0.3) is 0 Å². The first kappa shape index (κ1) is 25.9. The number of amides is 4. The van der Waals surface area contributed by atoms with E-state index in [9.17, 15) is 23.6 Å². The van der Waals surface area contributed by atoms with Gasteiger partial charge in [0.25, 0.3) is 0 Å². The maximum Gasteiger partial charge on any atom is 0.334 e. The number of carboxylic acids is 1. The zero-order valence-corrected chi connectivity index (χ0v) is 19.4. The summed E-state index contributed by atoms with van der Waals surface area (Å²) in [4.78, 5) is 53.3. The first-order chi connectivity index (χ1) is 16.7. The van der Waals surface area contributed by atoms with Gasteiger partial charge in [-0.2, -0.15) is 0 Å². The summed E-state index contributed by atoms with van der Waals surface area (Å²) in [6.07, 6.45) is 3.92. The summed E-state index contributed by atoms with van der Waals surface area (Å²) in [7, 11) is 1.58. The van der Waals surface area contributed by atoms with Gasteiger partial charge in [0.2, 0.25) is 11.8 Å². The summed E-state index contributed by atoms with van der Waals surface area (Å²) in [6, 6.07) is 4.11. The summed E-state index contributed by atoms with van der Waals surface area (Å²) in [5.41, 5.74) is 0.679. The highest BCUT2D eigenvalue weighted by atomic mass is 19.1. The number of carbonyl (C=O) groups is 4. The van der Waals surface area contributed by atoms with Gasteiger partial charge in [-0.05, 0) is 24.1 Å². The van der Waals surface area contributed by atoms with Crippen LogP contribution in [-0.4, -0.2) is 101 Å². The molecule has 0 unspecified atom stereocenters. The Bertz CT molecular complexity index is 997. The summed E-state index contributed by atoms with van der Waals surface area (Å²) >= 11 is 0. The lowest BCUT2D eigenvalue weighted by molar-refractivity contribution is -0.188. The number of nitrogens with one attached hydrogen (secondary N) is 1. The summed E-state index contributed by atoms with van der Waals surface area (Å²) in [5, 5.41) is 14.7. The van der Waals surface area contributed by atoms with E-state index < -0.39 is 35.9 Å². The van der Waals surface area contributed by atoms with Crippen LogP contribution in [-0.2, 0) is 25.7 Å². The van der Waals surface area contributed by atoms with Gasteiger partial charge in [0, 0.05) is 26.6 Å². The first-order valence-corrected chi connectivity index (χ1v) is 11.1. The molecule has 11 nitrogen and oxygen atoms in total. The van der Waals surface area contributed by atoms with E-state index in [0.29, 0.717) is 5.56 Å². The third kappa shape index (κ3) is 6.26. The van der Waals surface area contributed by atoms with E-state index in [4.69, 9.17) is 16.3 Å². The van der Waals surface area contributed by atoms with Crippen LogP contribution in [0, 0.1) is 18.2 Å². The van der Waals surface area contributed by atoms with Gasteiger partial charge in [-0.1, -0.05) is 18.1 Å². The molecule has 0 spiro atoms. The second-order valence-corrected chi connectivity index (χ2v) is 8.22. The molecule has 35 heavy (non-hydrogen) atoms. The van der Waals surface area contributed by atoms with Crippen molar-refractivity contribution < 1.29 is 33.4 Å². The minimum Gasteiger partial charge on any atom is -0.481 e. The van der Waals surface area contributed by atoms with E-state index >= 15 is 0 Å². The van der Waals surface area contributed by atoms with Crippen molar-refractivity contribution in [2.75, 3.05) is 39.9 Å². The normalized spacial score (nSPS) is 20.4. The monoisotopic (exact) mass is 489 g/mol. The Morgan fingerprint density at radius 2 is 2.00 bits per heavy atom. The lowest BCUT2D eigenvalue weighted by Gasteiger charge is -2.54. The van der Waals surface area contributed by atoms with Crippen LogP contribution in [0.2, 0.25) is 0 Å². The zero-order valence-electron chi connectivity index (χ0n) is 19.4. The molecule has 3 rings (SSSR count). The predicted molar refractivity (Wildman–Crippen MR) is 121 cm³/mol. The number of halogens is 1. The second kappa shape index (κ2) is 11.6. The Labute approximate surface area is 202 Å². The quantitative estimate of drug-likeness (QED) is 0.372. The number of likely N-dealkylation sites (N-methyl/N-ethyl adjacent to an activating group) is 1. The fraction of sp³-hybridized carbons (Fsp3) is 0.478. The van der Waals surface area contributed by atoms with Crippen LogP contribution in [0.5, 0.6) is 0 Å². The highest BCUT2D eigenvalue weighted by molar-refractivity contribution is 5.91. The molecule has 2 fully saturated rings. The van der Waals surface area contributed by atoms with Crippen LogP contribution in [0.3, 0.4) is 0 Å². The van der Waals surface area contributed by atoms with Crippen LogP contribution < -0.4 is 5.32 Å². The topological polar surface area (TPSA) is 123 Å². The van der Waals surface area contributed by atoms with Crippen molar-refractivity contribution >= 4 is 23.8 Å². The molecular weight excluding hydrogens is 461 g/mol. The maximum absolute atomic E-state index is 13.2. The zero-order chi connectivity index (χ0) is 25.5. The number of hydrogen-bond acceptors (Lipinski definition) is 6. The van der Waals surface area contributed by atoms with Crippen LogP contribution in [0.15, 0.2) is 24.3 Å². The average Bonchev–Trinajstić information content (AvgIpc) is 2.81. The fourth-order valence-corrected chi connectivity index (χ4v) is 4.21. The van der Waals surface area contributed by atoms with E-state index in [1.807, 2.05) is 0 Å². The van der Waals surface area contributed by atoms with Crippen LogP contribution >= 0.6 is 0 Å². The number of ether oxygens (including phenoxy) is 1. The SMILES string of the molecule is C#CCOCCN1C[C@H]2N(C(=O)CN(C)N2C(=O)NCc2ccc(F)cc2)[C@@H](CCC(=O)O)C1=O. The van der Waals surface area contributed by atoms with Crippen molar-refractivity contribution in [3.05, 3.63) is 35.6 Å². The molecule has 2 heterocycles. The third-order valence-electron chi connectivity index (χ3n) is 5.83. The van der Waals surface area contributed by atoms with Crippen molar-refractivity contribution in [3.8, 4) is 12.3 Å². The molecular formula is C23H28FN5O6.